The Morgan fingerprint density at radius 2 is 1.95 bits per heavy atom. The van der Waals surface area contributed by atoms with E-state index >= 15 is 0 Å². The Morgan fingerprint density at radius 3 is 2.40 bits per heavy atom. The van der Waals surface area contributed by atoms with Crippen LogP contribution in [0.4, 0.5) is 17.6 Å². The minimum Gasteiger partial charge on any atom is -0.388 e. The standard InChI is InChI=1S/C13H11F4NOS/c1-6-11(7(2)19)20-12(18-6)8-3-4-9(10(14)5-8)13(15,16)17/h3-5,7,19H,1-2H3. The fraction of sp³-hybridized carbons (Fsp3) is 0.308. The highest BCUT2D eigenvalue weighted by Crippen LogP contribution is 2.36. The van der Waals surface area contributed by atoms with Crippen molar-refractivity contribution in [2.75, 3.05) is 0 Å². The molecule has 1 aromatic heterocycles. The van der Waals surface area contributed by atoms with Gasteiger partial charge in [-0.3, -0.25) is 0 Å². The van der Waals surface area contributed by atoms with E-state index in [0.717, 1.165) is 17.4 Å². The molecule has 0 saturated heterocycles. The quantitative estimate of drug-likeness (QED) is 0.838. The molecule has 0 fully saturated rings. The molecule has 1 atom stereocenters. The second-order valence-electron chi connectivity index (χ2n) is 4.34. The van der Waals surface area contributed by atoms with Crippen molar-refractivity contribution in [3.63, 3.8) is 0 Å². The summed E-state index contributed by atoms with van der Waals surface area (Å²) in [5.74, 6) is -1.33. The van der Waals surface area contributed by atoms with Crippen LogP contribution in [0, 0.1) is 12.7 Å². The van der Waals surface area contributed by atoms with Crippen LogP contribution in [-0.2, 0) is 6.18 Å². The molecule has 7 heteroatoms. The van der Waals surface area contributed by atoms with E-state index in [1.807, 2.05) is 0 Å². The van der Waals surface area contributed by atoms with E-state index in [1.165, 1.54) is 6.07 Å². The first-order valence-electron chi connectivity index (χ1n) is 5.72. The van der Waals surface area contributed by atoms with Gasteiger partial charge in [0.1, 0.15) is 10.8 Å². The number of aliphatic hydroxyl groups is 1. The topological polar surface area (TPSA) is 33.1 Å². The van der Waals surface area contributed by atoms with E-state index in [2.05, 4.69) is 4.98 Å². The van der Waals surface area contributed by atoms with Gasteiger partial charge in [0, 0.05) is 5.56 Å². The molecule has 20 heavy (non-hydrogen) atoms. The Morgan fingerprint density at radius 1 is 1.30 bits per heavy atom. The van der Waals surface area contributed by atoms with Crippen molar-refractivity contribution in [1.29, 1.82) is 0 Å². The molecular weight excluding hydrogens is 294 g/mol. The van der Waals surface area contributed by atoms with Gasteiger partial charge in [-0.25, -0.2) is 9.37 Å². The Kier molecular flexibility index (Phi) is 3.84. The van der Waals surface area contributed by atoms with Crippen molar-refractivity contribution in [3.05, 3.63) is 40.2 Å². The SMILES string of the molecule is Cc1nc(-c2ccc(C(F)(F)F)c(F)c2)sc1C(C)O. The summed E-state index contributed by atoms with van der Waals surface area (Å²) in [6.07, 6.45) is -5.44. The van der Waals surface area contributed by atoms with Crippen LogP contribution in [0.5, 0.6) is 0 Å². The monoisotopic (exact) mass is 305 g/mol. The number of aryl methyl sites for hydroxylation is 1. The third-order valence-electron chi connectivity index (χ3n) is 2.73. The summed E-state index contributed by atoms with van der Waals surface area (Å²) in [4.78, 5) is 4.76. The second-order valence-corrected chi connectivity index (χ2v) is 5.37. The fourth-order valence-electron chi connectivity index (χ4n) is 1.80. The maximum atomic E-state index is 13.5. The fourth-order valence-corrected chi connectivity index (χ4v) is 2.80. The van der Waals surface area contributed by atoms with Crippen LogP contribution < -0.4 is 0 Å². The maximum absolute atomic E-state index is 13.5. The molecule has 1 unspecified atom stereocenters. The molecular formula is C13H11F4NOS. The molecule has 2 aromatic rings. The molecule has 0 bridgehead atoms. The first kappa shape index (κ1) is 14.9. The number of hydrogen-bond donors (Lipinski definition) is 1. The molecule has 1 aromatic carbocycles. The normalized spacial score (nSPS) is 13.6. The molecule has 2 nitrogen and oxygen atoms in total. The van der Waals surface area contributed by atoms with Crippen molar-refractivity contribution < 1.29 is 22.7 Å². The van der Waals surface area contributed by atoms with Gasteiger partial charge in [0.15, 0.2) is 0 Å². The highest BCUT2D eigenvalue weighted by molar-refractivity contribution is 7.15. The highest BCUT2D eigenvalue weighted by atomic mass is 32.1. The molecule has 1 N–H and O–H groups in total. The Balaban J connectivity index is 2.45. The van der Waals surface area contributed by atoms with Crippen molar-refractivity contribution in [1.82, 2.24) is 4.98 Å². The molecule has 0 spiro atoms. The molecule has 108 valence electrons. The minimum absolute atomic E-state index is 0.260. The van der Waals surface area contributed by atoms with Gasteiger partial charge in [-0.05, 0) is 26.0 Å². The van der Waals surface area contributed by atoms with E-state index < -0.39 is 23.7 Å². The van der Waals surface area contributed by atoms with Crippen LogP contribution >= 0.6 is 11.3 Å². The molecule has 0 radical (unpaired) electrons. The first-order valence-corrected chi connectivity index (χ1v) is 6.54. The van der Waals surface area contributed by atoms with Crippen molar-refractivity contribution in [2.45, 2.75) is 26.1 Å². The van der Waals surface area contributed by atoms with Gasteiger partial charge in [0.2, 0.25) is 0 Å². The number of benzene rings is 1. The van der Waals surface area contributed by atoms with Gasteiger partial charge in [-0.1, -0.05) is 6.07 Å². The van der Waals surface area contributed by atoms with Crippen LogP contribution in [0.15, 0.2) is 18.2 Å². The molecule has 2 rings (SSSR count). The predicted octanol–water partition coefficient (Wildman–Crippen LogP) is 4.33. The number of aliphatic hydroxyl groups excluding tert-OH is 1. The van der Waals surface area contributed by atoms with Crippen molar-refractivity contribution >= 4 is 11.3 Å². The Bertz CT molecular complexity index is 634. The van der Waals surface area contributed by atoms with Gasteiger partial charge in [-0.2, -0.15) is 13.2 Å². The zero-order chi connectivity index (χ0) is 15.1. The summed E-state index contributed by atoms with van der Waals surface area (Å²) in [7, 11) is 0. The summed E-state index contributed by atoms with van der Waals surface area (Å²) in [5, 5.41) is 9.90. The smallest absolute Gasteiger partial charge is 0.388 e. The summed E-state index contributed by atoms with van der Waals surface area (Å²) < 4.78 is 50.9. The average molecular weight is 305 g/mol. The third kappa shape index (κ3) is 2.83. The molecule has 1 heterocycles. The number of thiazole rings is 1. The Hall–Kier alpha value is -1.47. The molecule has 0 aliphatic rings. The molecule has 0 amide bonds. The average Bonchev–Trinajstić information content (AvgIpc) is 2.69. The zero-order valence-corrected chi connectivity index (χ0v) is 11.4. The number of aromatic nitrogens is 1. The lowest BCUT2D eigenvalue weighted by Gasteiger charge is -2.08. The second kappa shape index (κ2) is 5.14. The lowest BCUT2D eigenvalue weighted by molar-refractivity contribution is -0.139. The lowest BCUT2D eigenvalue weighted by Crippen LogP contribution is -2.07. The van der Waals surface area contributed by atoms with Crippen molar-refractivity contribution in [3.8, 4) is 10.6 Å². The first-order chi connectivity index (χ1) is 9.20. The van der Waals surface area contributed by atoms with E-state index in [9.17, 15) is 22.7 Å². The van der Waals surface area contributed by atoms with Crippen LogP contribution in [0.25, 0.3) is 10.6 Å². The van der Waals surface area contributed by atoms with Crippen LogP contribution in [-0.4, -0.2) is 10.1 Å². The Labute approximate surface area is 116 Å². The summed E-state index contributed by atoms with van der Waals surface area (Å²) in [5.41, 5.74) is -0.457. The minimum atomic E-state index is -4.72. The largest absolute Gasteiger partial charge is 0.419 e. The van der Waals surface area contributed by atoms with E-state index in [1.54, 1.807) is 13.8 Å². The summed E-state index contributed by atoms with van der Waals surface area (Å²) in [6, 6.07) is 2.69. The maximum Gasteiger partial charge on any atom is 0.419 e. The molecule has 0 saturated carbocycles. The van der Waals surface area contributed by atoms with Gasteiger partial charge in [0.05, 0.1) is 22.2 Å². The predicted molar refractivity (Wildman–Crippen MR) is 67.9 cm³/mol. The van der Waals surface area contributed by atoms with Gasteiger partial charge in [0.25, 0.3) is 0 Å². The highest BCUT2D eigenvalue weighted by Gasteiger charge is 2.34. The van der Waals surface area contributed by atoms with Gasteiger partial charge in [-0.15, -0.1) is 11.3 Å². The van der Waals surface area contributed by atoms with Crippen molar-refractivity contribution in [2.24, 2.45) is 0 Å². The summed E-state index contributed by atoms with van der Waals surface area (Å²) in [6.45, 7) is 3.25. The van der Waals surface area contributed by atoms with Crippen LogP contribution in [0.2, 0.25) is 0 Å². The lowest BCUT2D eigenvalue weighted by atomic mass is 10.1. The summed E-state index contributed by atoms with van der Waals surface area (Å²) >= 11 is 1.13. The van der Waals surface area contributed by atoms with Crippen LogP contribution in [0.1, 0.15) is 29.2 Å². The number of halogens is 4. The van der Waals surface area contributed by atoms with Crippen LogP contribution in [0.3, 0.4) is 0 Å². The van der Waals surface area contributed by atoms with E-state index in [0.29, 0.717) is 21.6 Å². The number of hydrogen-bond acceptors (Lipinski definition) is 3. The molecule has 0 aliphatic carbocycles. The number of alkyl halides is 3. The van der Waals surface area contributed by atoms with E-state index in [4.69, 9.17) is 0 Å². The van der Waals surface area contributed by atoms with Gasteiger partial charge < -0.3 is 5.11 Å². The molecule has 0 aliphatic heterocycles. The zero-order valence-electron chi connectivity index (χ0n) is 10.6. The van der Waals surface area contributed by atoms with Gasteiger partial charge >= 0.3 is 6.18 Å². The number of nitrogens with zero attached hydrogens (tertiary/aromatic N) is 1. The number of rotatable bonds is 2. The third-order valence-corrected chi connectivity index (χ3v) is 4.11. The van der Waals surface area contributed by atoms with E-state index in [-0.39, 0.29) is 5.56 Å².